The molecular weight excluding hydrogens is 551 g/mol. The van der Waals surface area contributed by atoms with Crippen LogP contribution in [-0.2, 0) is 22.4 Å². The quantitative estimate of drug-likeness (QED) is 0.255. The number of H-pyrrole nitrogens is 1. The number of anilines is 2. The van der Waals surface area contributed by atoms with Crippen LogP contribution < -0.4 is 15.9 Å². The number of carbonyl (C=O) groups excluding carboxylic acids is 1. The third-order valence-corrected chi connectivity index (χ3v) is 6.37. The van der Waals surface area contributed by atoms with Crippen molar-refractivity contribution in [2.24, 2.45) is 0 Å². The van der Waals surface area contributed by atoms with Crippen molar-refractivity contribution in [3.63, 3.8) is 0 Å². The van der Waals surface area contributed by atoms with Gasteiger partial charge in [0.1, 0.15) is 17.5 Å². The minimum Gasteiger partial charge on any atom is -0.458 e. The van der Waals surface area contributed by atoms with Gasteiger partial charge in [0, 0.05) is 37.5 Å². The fourth-order valence-electron chi connectivity index (χ4n) is 4.45. The van der Waals surface area contributed by atoms with Crippen molar-refractivity contribution in [3.8, 4) is 5.69 Å². The molecule has 0 radical (unpaired) electrons. The Hall–Kier alpha value is -4.42. The van der Waals surface area contributed by atoms with E-state index in [1.165, 1.54) is 4.57 Å². The van der Waals surface area contributed by atoms with Gasteiger partial charge in [0.2, 0.25) is 5.95 Å². The minimum atomic E-state index is -4.51. The lowest BCUT2D eigenvalue weighted by Gasteiger charge is -2.26. The summed E-state index contributed by atoms with van der Waals surface area (Å²) in [6.07, 6.45) is -2.97. The van der Waals surface area contributed by atoms with Gasteiger partial charge >= 0.3 is 17.8 Å². The first-order valence-corrected chi connectivity index (χ1v) is 13.6. The van der Waals surface area contributed by atoms with Crippen molar-refractivity contribution < 1.29 is 22.7 Å². The number of ether oxygens (including phenoxy) is 1. The lowest BCUT2D eigenvalue weighted by Crippen LogP contribution is -2.39. The smallest absolute Gasteiger partial charge is 0.393 e. The van der Waals surface area contributed by atoms with E-state index < -0.39 is 30.2 Å². The monoisotopic (exact) mass is 585 g/mol. The van der Waals surface area contributed by atoms with Gasteiger partial charge in [-0.25, -0.2) is 24.1 Å². The van der Waals surface area contributed by atoms with E-state index >= 15 is 0 Å². The first-order chi connectivity index (χ1) is 19.8. The van der Waals surface area contributed by atoms with Gasteiger partial charge < -0.3 is 19.9 Å². The van der Waals surface area contributed by atoms with Gasteiger partial charge in [0.25, 0.3) is 0 Å². The predicted molar refractivity (Wildman–Crippen MR) is 154 cm³/mol. The Morgan fingerprint density at radius 3 is 2.40 bits per heavy atom. The third-order valence-electron chi connectivity index (χ3n) is 6.37. The highest BCUT2D eigenvalue weighted by atomic mass is 19.4. The molecule has 0 aliphatic carbocycles. The lowest BCUT2D eigenvalue weighted by atomic mass is 10.0. The van der Waals surface area contributed by atoms with Crippen LogP contribution in [0.5, 0.6) is 0 Å². The largest absolute Gasteiger partial charge is 0.458 e. The molecule has 0 unspecified atom stereocenters. The first-order valence-electron chi connectivity index (χ1n) is 13.6. The molecular formula is C29H34F3N7O3. The Morgan fingerprint density at radius 2 is 1.79 bits per heavy atom. The molecule has 0 aliphatic rings. The number of nitrogens with one attached hydrogen (secondary N) is 2. The summed E-state index contributed by atoms with van der Waals surface area (Å²) in [6, 6.07) is 9.29. The standard InChI is InChI=1S/C29H34F3N7O3/c1-6-38(7-2)26-34-17-19(16-29(30,31)32)23(37-26)35-22(25(40)42-28(3,4)5)15-18-10-12-20(13-11-18)39-24-21(36-27(39)41)9-8-14-33-24/h8-14,17,22H,6-7,15-16H2,1-5H3,(H,36,41)(H,34,35,37)/t22-/m0/s1. The van der Waals surface area contributed by atoms with Gasteiger partial charge in [-0.2, -0.15) is 18.2 Å². The van der Waals surface area contributed by atoms with E-state index in [0.29, 0.717) is 35.5 Å². The number of aromatic nitrogens is 5. The fourth-order valence-corrected chi connectivity index (χ4v) is 4.45. The molecule has 224 valence electrons. The summed E-state index contributed by atoms with van der Waals surface area (Å²) in [5, 5.41) is 2.94. The molecule has 42 heavy (non-hydrogen) atoms. The topological polar surface area (TPSA) is 118 Å². The number of hydrogen-bond donors (Lipinski definition) is 2. The Kier molecular flexibility index (Phi) is 8.88. The molecule has 3 heterocycles. The number of benzene rings is 1. The highest BCUT2D eigenvalue weighted by molar-refractivity contribution is 5.80. The molecule has 0 bridgehead atoms. The second-order valence-electron chi connectivity index (χ2n) is 10.7. The summed E-state index contributed by atoms with van der Waals surface area (Å²) < 4.78 is 47.4. The average molecular weight is 586 g/mol. The zero-order valence-corrected chi connectivity index (χ0v) is 24.1. The molecule has 2 N–H and O–H groups in total. The number of hydrogen-bond acceptors (Lipinski definition) is 8. The van der Waals surface area contributed by atoms with E-state index in [4.69, 9.17) is 4.74 Å². The van der Waals surface area contributed by atoms with Crippen molar-refractivity contribution in [2.75, 3.05) is 23.3 Å². The third kappa shape index (κ3) is 7.45. The maximum Gasteiger partial charge on any atom is 0.393 e. The van der Waals surface area contributed by atoms with Gasteiger partial charge in [-0.15, -0.1) is 0 Å². The number of carbonyl (C=O) groups is 1. The van der Waals surface area contributed by atoms with Crippen molar-refractivity contribution in [2.45, 2.75) is 65.3 Å². The maximum absolute atomic E-state index is 13.4. The highest BCUT2D eigenvalue weighted by Crippen LogP contribution is 2.27. The van der Waals surface area contributed by atoms with E-state index in [-0.39, 0.29) is 29.4 Å². The Labute approximate surface area is 241 Å². The van der Waals surface area contributed by atoms with Gasteiger partial charge in [-0.1, -0.05) is 12.1 Å². The van der Waals surface area contributed by atoms with Crippen LogP contribution in [0.4, 0.5) is 24.9 Å². The summed E-state index contributed by atoms with van der Waals surface area (Å²) in [7, 11) is 0. The molecule has 1 aromatic carbocycles. The summed E-state index contributed by atoms with van der Waals surface area (Å²) in [5.41, 5.74) is 0.916. The van der Waals surface area contributed by atoms with Crippen LogP contribution in [-0.4, -0.2) is 61.4 Å². The zero-order chi connectivity index (χ0) is 30.7. The number of esters is 1. The lowest BCUT2D eigenvalue weighted by molar-refractivity contribution is -0.155. The van der Waals surface area contributed by atoms with Crippen LogP contribution >= 0.6 is 0 Å². The number of fused-ring (bicyclic) bond motifs is 1. The van der Waals surface area contributed by atoms with Crippen LogP contribution in [0.25, 0.3) is 16.9 Å². The van der Waals surface area contributed by atoms with Crippen molar-refractivity contribution in [3.05, 3.63) is 70.4 Å². The van der Waals surface area contributed by atoms with E-state index in [1.807, 2.05) is 13.8 Å². The normalized spacial score (nSPS) is 12.8. The predicted octanol–water partition coefficient (Wildman–Crippen LogP) is 4.82. The summed E-state index contributed by atoms with van der Waals surface area (Å²) >= 11 is 0. The van der Waals surface area contributed by atoms with E-state index in [9.17, 15) is 22.8 Å². The van der Waals surface area contributed by atoms with Crippen LogP contribution in [0.3, 0.4) is 0 Å². The van der Waals surface area contributed by atoms with Crippen LogP contribution in [0.2, 0.25) is 0 Å². The molecule has 0 spiro atoms. The molecule has 3 aromatic heterocycles. The van der Waals surface area contributed by atoms with Gasteiger partial charge in [-0.3, -0.25) is 0 Å². The number of alkyl halides is 3. The molecule has 0 saturated heterocycles. The molecule has 0 saturated carbocycles. The van der Waals surface area contributed by atoms with Crippen LogP contribution in [0.15, 0.2) is 53.6 Å². The second kappa shape index (κ2) is 12.2. The number of aromatic amines is 1. The number of pyridine rings is 1. The number of nitrogens with zero attached hydrogens (tertiary/aromatic N) is 5. The summed E-state index contributed by atoms with van der Waals surface area (Å²) in [5.74, 6) is -0.490. The first kappa shape index (κ1) is 30.5. The van der Waals surface area contributed by atoms with Crippen molar-refractivity contribution >= 4 is 28.9 Å². The van der Waals surface area contributed by atoms with Gasteiger partial charge in [-0.05, 0) is 64.4 Å². The van der Waals surface area contributed by atoms with Gasteiger partial charge in [0.05, 0.1) is 17.6 Å². The summed E-state index contributed by atoms with van der Waals surface area (Å²) in [4.78, 5) is 43.3. The van der Waals surface area contributed by atoms with Gasteiger partial charge in [0.15, 0.2) is 5.65 Å². The van der Waals surface area contributed by atoms with Crippen molar-refractivity contribution in [1.82, 2.24) is 24.5 Å². The zero-order valence-electron chi connectivity index (χ0n) is 24.1. The Morgan fingerprint density at radius 1 is 1.10 bits per heavy atom. The van der Waals surface area contributed by atoms with E-state index in [0.717, 1.165) is 6.20 Å². The average Bonchev–Trinajstić information content (AvgIpc) is 3.24. The molecule has 0 amide bonds. The number of imidazole rings is 1. The number of halogens is 3. The fraction of sp³-hybridized carbons (Fsp3) is 0.414. The van der Waals surface area contributed by atoms with Crippen molar-refractivity contribution in [1.29, 1.82) is 0 Å². The molecule has 10 nitrogen and oxygen atoms in total. The second-order valence-corrected chi connectivity index (χ2v) is 10.7. The number of rotatable bonds is 10. The minimum absolute atomic E-state index is 0.0757. The maximum atomic E-state index is 13.4. The Bertz CT molecular complexity index is 1590. The summed E-state index contributed by atoms with van der Waals surface area (Å²) in [6.45, 7) is 10.00. The van der Waals surface area contributed by atoms with Crippen LogP contribution in [0.1, 0.15) is 45.7 Å². The van der Waals surface area contributed by atoms with Crippen LogP contribution in [0, 0.1) is 0 Å². The van der Waals surface area contributed by atoms with E-state index in [2.05, 4.69) is 25.3 Å². The van der Waals surface area contributed by atoms with E-state index in [1.54, 1.807) is 68.3 Å². The molecule has 1 atom stereocenters. The molecule has 4 rings (SSSR count). The molecule has 0 aliphatic heterocycles. The molecule has 13 heteroatoms. The SMILES string of the molecule is CCN(CC)c1ncc(CC(F)(F)F)c(N[C@@H](Cc2ccc(-n3c(=O)[nH]c4cccnc43)cc2)C(=O)OC(C)(C)C)n1. The Balaban J connectivity index is 1.68. The highest BCUT2D eigenvalue weighted by Gasteiger charge is 2.32. The molecule has 0 fully saturated rings. The molecule has 4 aromatic rings.